The van der Waals surface area contributed by atoms with Gasteiger partial charge in [0.1, 0.15) is 5.82 Å². The second-order valence-corrected chi connectivity index (χ2v) is 7.69. The Labute approximate surface area is 154 Å². The van der Waals surface area contributed by atoms with Gasteiger partial charge >= 0.3 is 0 Å². The minimum absolute atomic E-state index is 0.179. The van der Waals surface area contributed by atoms with Crippen molar-refractivity contribution >= 4 is 27.3 Å². The van der Waals surface area contributed by atoms with Crippen LogP contribution in [0.5, 0.6) is 0 Å². The number of nitrogens with zero attached hydrogens (tertiary/aromatic N) is 2. The Kier molecular flexibility index (Phi) is 4.65. The molecule has 1 unspecified atom stereocenters. The smallest absolute Gasteiger partial charge is 0.270 e. The van der Waals surface area contributed by atoms with Crippen LogP contribution in [-0.2, 0) is 6.42 Å². The summed E-state index contributed by atoms with van der Waals surface area (Å²) in [6.07, 6.45) is 3.10. The molecule has 1 aromatic carbocycles. The molecule has 7 heteroatoms. The molecular formula is C19H19FN4OS. The fourth-order valence-corrected chi connectivity index (χ4v) is 4.62. The van der Waals surface area contributed by atoms with E-state index in [4.69, 9.17) is 5.73 Å². The molecule has 2 aromatic heterocycles. The van der Waals surface area contributed by atoms with Gasteiger partial charge in [-0.25, -0.2) is 4.39 Å². The van der Waals surface area contributed by atoms with Gasteiger partial charge < -0.3 is 11.1 Å². The molecule has 3 aromatic rings. The number of carbonyl (C=O) groups is 1. The second-order valence-electron chi connectivity index (χ2n) is 6.64. The van der Waals surface area contributed by atoms with Crippen LogP contribution in [0.2, 0.25) is 0 Å². The lowest BCUT2D eigenvalue weighted by atomic mass is 9.93. The molecule has 4 rings (SSSR count). The van der Waals surface area contributed by atoms with Gasteiger partial charge in [-0.1, -0.05) is 12.1 Å². The van der Waals surface area contributed by atoms with Crippen LogP contribution in [0.15, 0.2) is 30.3 Å². The van der Waals surface area contributed by atoms with Crippen LogP contribution in [0.1, 0.15) is 29.0 Å². The Morgan fingerprint density at radius 2 is 2.23 bits per heavy atom. The highest BCUT2D eigenvalue weighted by Gasteiger charge is 2.21. The number of carbonyl (C=O) groups excluding carboxylic acids is 1. The zero-order valence-corrected chi connectivity index (χ0v) is 15.0. The van der Waals surface area contributed by atoms with Crippen LogP contribution in [0, 0.1) is 11.7 Å². The van der Waals surface area contributed by atoms with Crippen LogP contribution >= 0.6 is 11.3 Å². The van der Waals surface area contributed by atoms with E-state index in [0.29, 0.717) is 5.92 Å². The van der Waals surface area contributed by atoms with Gasteiger partial charge in [-0.3, -0.25) is 4.79 Å². The molecule has 0 saturated carbocycles. The number of hydrogen-bond acceptors (Lipinski definition) is 5. The predicted molar refractivity (Wildman–Crippen MR) is 101 cm³/mol. The fraction of sp³-hybridized carbons (Fsp3) is 0.316. The van der Waals surface area contributed by atoms with Gasteiger partial charge in [0, 0.05) is 10.3 Å². The lowest BCUT2D eigenvalue weighted by Gasteiger charge is -2.22. The third kappa shape index (κ3) is 3.32. The summed E-state index contributed by atoms with van der Waals surface area (Å²) >= 11 is 1.40. The van der Waals surface area contributed by atoms with Gasteiger partial charge in [0.25, 0.3) is 5.91 Å². The van der Waals surface area contributed by atoms with E-state index in [1.165, 1.54) is 23.5 Å². The minimum atomic E-state index is -0.596. The van der Waals surface area contributed by atoms with E-state index in [1.807, 2.05) is 12.1 Å². The summed E-state index contributed by atoms with van der Waals surface area (Å²) < 4.78 is 14.3. The molecule has 134 valence electrons. The number of benzene rings is 1. The average molecular weight is 370 g/mol. The quantitative estimate of drug-likeness (QED) is 0.739. The van der Waals surface area contributed by atoms with E-state index in [9.17, 15) is 9.18 Å². The summed E-state index contributed by atoms with van der Waals surface area (Å²) in [6, 6.07) is 8.40. The van der Waals surface area contributed by atoms with Crippen molar-refractivity contribution in [3.63, 3.8) is 0 Å². The SMILES string of the molecule is NC(=O)c1nnc(CC2CCCNC2)c2cc(-c3cccc(F)c3)sc12. The molecular weight excluding hydrogens is 351 g/mol. The number of amides is 1. The number of primary amides is 1. The highest BCUT2D eigenvalue weighted by molar-refractivity contribution is 7.22. The molecule has 1 atom stereocenters. The molecule has 1 aliphatic rings. The Balaban J connectivity index is 1.80. The molecule has 0 radical (unpaired) electrons. The first kappa shape index (κ1) is 17.1. The van der Waals surface area contributed by atoms with Crippen molar-refractivity contribution in [2.75, 3.05) is 13.1 Å². The number of piperidine rings is 1. The molecule has 3 heterocycles. The molecule has 1 aliphatic heterocycles. The first-order chi connectivity index (χ1) is 12.6. The summed E-state index contributed by atoms with van der Waals surface area (Å²) in [5.41, 5.74) is 7.30. The number of aromatic nitrogens is 2. The maximum absolute atomic E-state index is 13.6. The van der Waals surface area contributed by atoms with Crippen LogP contribution in [0.25, 0.3) is 20.5 Å². The Morgan fingerprint density at radius 3 is 2.96 bits per heavy atom. The maximum atomic E-state index is 13.6. The van der Waals surface area contributed by atoms with Crippen molar-refractivity contribution in [3.05, 3.63) is 47.5 Å². The van der Waals surface area contributed by atoms with Crippen LogP contribution in [0.3, 0.4) is 0 Å². The third-order valence-electron chi connectivity index (χ3n) is 4.75. The maximum Gasteiger partial charge on any atom is 0.270 e. The van der Waals surface area contributed by atoms with Gasteiger partial charge in [0.15, 0.2) is 5.69 Å². The summed E-state index contributed by atoms with van der Waals surface area (Å²) in [5.74, 6) is -0.390. The van der Waals surface area contributed by atoms with Crippen molar-refractivity contribution in [1.82, 2.24) is 15.5 Å². The summed E-state index contributed by atoms with van der Waals surface area (Å²) in [5, 5.41) is 12.7. The zero-order valence-electron chi connectivity index (χ0n) is 14.2. The van der Waals surface area contributed by atoms with Crippen molar-refractivity contribution < 1.29 is 9.18 Å². The van der Waals surface area contributed by atoms with Crippen molar-refractivity contribution in [2.24, 2.45) is 11.7 Å². The average Bonchev–Trinajstić information content (AvgIpc) is 3.08. The van der Waals surface area contributed by atoms with Crippen molar-refractivity contribution in [1.29, 1.82) is 0 Å². The van der Waals surface area contributed by atoms with E-state index < -0.39 is 5.91 Å². The third-order valence-corrected chi connectivity index (χ3v) is 5.94. The second kappa shape index (κ2) is 7.09. The molecule has 5 nitrogen and oxygen atoms in total. The topological polar surface area (TPSA) is 80.9 Å². The van der Waals surface area contributed by atoms with Crippen LogP contribution in [0.4, 0.5) is 4.39 Å². The Morgan fingerprint density at radius 1 is 1.35 bits per heavy atom. The first-order valence-corrected chi connectivity index (χ1v) is 9.49. The van der Waals surface area contributed by atoms with Gasteiger partial charge in [-0.2, -0.15) is 5.10 Å². The highest BCUT2D eigenvalue weighted by atomic mass is 32.1. The molecule has 0 bridgehead atoms. The van der Waals surface area contributed by atoms with Gasteiger partial charge in [0.05, 0.1) is 10.4 Å². The predicted octanol–water partition coefficient (Wildman–Crippen LogP) is 3.14. The largest absolute Gasteiger partial charge is 0.364 e. The number of fused-ring (bicyclic) bond motifs is 1. The molecule has 1 saturated heterocycles. The number of halogens is 1. The normalized spacial score (nSPS) is 17.5. The molecule has 1 amide bonds. The zero-order chi connectivity index (χ0) is 18.1. The van der Waals surface area contributed by atoms with Crippen molar-refractivity contribution in [2.45, 2.75) is 19.3 Å². The monoisotopic (exact) mass is 370 g/mol. The lowest BCUT2D eigenvalue weighted by molar-refractivity contribution is 0.0996. The summed E-state index contributed by atoms with van der Waals surface area (Å²) in [4.78, 5) is 12.6. The van der Waals surface area contributed by atoms with E-state index in [1.54, 1.807) is 6.07 Å². The fourth-order valence-electron chi connectivity index (χ4n) is 3.46. The molecule has 26 heavy (non-hydrogen) atoms. The van der Waals surface area contributed by atoms with Crippen LogP contribution in [-0.4, -0.2) is 29.2 Å². The van der Waals surface area contributed by atoms with E-state index in [0.717, 1.165) is 58.6 Å². The number of hydrogen-bond donors (Lipinski definition) is 2. The standard InChI is InChI=1S/C19H19FN4OS/c20-13-5-1-4-12(8-13)16-9-14-15(7-11-3-2-6-22-10-11)23-24-17(19(21)25)18(14)26-16/h1,4-5,8-9,11,22H,2-3,6-7,10H2,(H2,21,25). The number of thiophene rings is 1. The number of nitrogens with one attached hydrogen (secondary N) is 1. The number of rotatable bonds is 4. The summed E-state index contributed by atoms with van der Waals surface area (Å²) in [7, 11) is 0. The summed E-state index contributed by atoms with van der Waals surface area (Å²) in [6.45, 7) is 2.02. The van der Waals surface area contributed by atoms with Crippen LogP contribution < -0.4 is 11.1 Å². The Hall–Kier alpha value is -2.38. The first-order valence-electron chi connectivity index (χ1n) is 8.67. The van der Waals surface area contributed by atoms with Gasteiger partial charge in [-0.05, 0) is 62.0 Å². The molecule has 0 aliphatic carbocycles. The van der Waals surface area contributed by atoms with Gasteiger partial charge in [0.2, 0.25) is 0 Å². The number of nitrogens with two attached hydrogens (primary N) is 1. The minimum Gasteiger partial charge on any atom is -0.364 e. The van der Waals surface area contributed by atoms with E-state index in [2.05, 4.69) is 15.5 Å². The molecule has 1 fully saturated rings. The van der Waals surface area contributed by atoms with E-state index in [-0.39, 0.29) is 11.5 Å². The Bertz CT molecular complexity index is 965. The van der Waals surface area contributed by atoms with E-state index >= 15 is 0 Å². The van der Waals surface area contributed by atoms with Crippen molar-refractivity contribution in [3.8, 4) is 10.4 Å². The molecule has 0 spiro atoms. The molecule has 3 N–H and O–H groups in total. The highest BCUT2D eigenvalue weighted by Crippen LogP contribution is 2.37. The lowest BCUT2D eigenvalue weighted by Crippen LogP contribution is -2.31. The van der Waals surface area contributed by atoms with Gasteiger partial charge in [-0.15, -0.1) is 16.4 Å².